The third-order valence-corrected chi connectivity index (χ3v) is 6.40. The molecule has 1 N–H and O–H groups in total. The highest BCUT2D eigenvalue weighted by molar-refractivity contribution is 7.17. The predicted octanol–water partition coefficient (Wildman–Crippen LogP) is 4.75. The van der Waals surface area contributed by atoms with Gasteiger partial charge in [0.1, 0.15) is 11.9 Å². The van der Waals surface area contributed by atoms with Gasteiger partial charge in [0.25, 0.3) is 5.91 Å². The van der Waals surface area contributed by atoms with Crippen LogP contribution >= 0.6 is 11.3 Å². The van der Waals surface area contributed by atoms with Gasteiger partial charge in [-0.25, -0.2) is 4.98 Å². The first kappa shape index (κ1) is 27.0. The molecule has 0 aliphatic carbocycles. The van der Waals surface area contributed by atoms with Gasteiger partial charge in [0.2, 0.25) is 0 Å². The largest absolute Gasteiger partial charge is 0.522 e. The van der Waals surface area contributed by atoms with Gasteiger partial charge >= 0.3 is 18.5 Å². The summed E-state index contributed by atoms with van der Waals surface area (Å²) in [5.41, 5.74) is -0.878. The molecule has 194 valence electrons. The maximum Gasteiger partial charge on any atom is 0.522 e. The zero-order chi connectivity index (χ0) is 26.0. The molecule has 2 aromatic rings. The van der Waals surface area contributed by atoms with E-state index in [0.29, 0.717) is 12.8 Å². The standard InChI is InChI=1S/C21H23F6N3O4S/c1-11(9-33-21(25,26)27)7-16(31)34-12-3-5-30(6-4-12)15-8-14(20(22,23)24)18-17(29-15)13(10-35-18)19(32)28-2/h8,10-12H,3-7,9H2,1-2H3,(H,28,32). The molecule has 0 radical (unpaired) electrons. The van der Waals surface area contributed by atoms with Crippen LogP contribution in [0.15, 0.2) is 11.4 Å². The molecule has 3 rings (SSSR count). The summed E-state index contributed by atoms with van der Waals surface area (Å²) in [5, 5.41) is 3.73. The number of thiophene rings is 1. The Bertz CT molecular complexity index is 1060. The summed E-state index contributed by atoms with van der Waals surface area (Å²) in [6.45, 7) is 1.22. The van der Waals surface area contributed by atoms with Crippen LogP contribution in [0.25, 0.3) is 10.2 Å². The van der Waals surface area contributed by atoms with Gasteiger partial charge < -0.3 is 15.0 Å². The third kappa shape index (κ3) is 6.97. The Kier molecular flexibility index (Phi) is 8.14. The molecule has 1 aliphatic heterocycles. The van der Waals surface area contributed by atoms with E-state index >= 15 is 0 Å². The number of aromatic nitrogens is 1. The smallest absolute Gasteiger partial charge is 0.462 e. The van der Waals surface area contributed by atoms with Crippen molar-refractivity contribution in [1.82, 2.24) is 10.3 Å². The summed E-state index contributed by atoms with van der Waals surface area (Å²) < 4.78 is 86.4. The van der Waals surface area contributed by atoms with E-state index in [-0.39, 0.29) is 41.1 Å². The lowest BCUT2D eigenvalue weighted by atomic mass is 10.1. The Morgan fingerprint density at radius 2 is 1.89 bits per heavy atom. The number of anilines is 1. The van der Waals surface area contributed by atoms with Crippen LogP contribution in [0.5, 0.6) is 0 Å². The average Bonchev–Trinajstić information content (AvgIpc) is 3.19. The number of hydrogen-bond acceptors (Lipinski definition) is 7. The maximum atomic E-state index is 13.7. The summed E-state index contributed by atoms with van der Waals surface area (Å²) in [5.74, 6) is -1.87. The minimum atomic E-state index is -4.78. The van der Waals surface area contributed by atoms with E-state index in [2.05, 4.69) is 15.0 Å². The van der Waals surface area contributed by atoms with Gasteiger partial charge in [-0.1, -0.05) is 6.92 Å². The van der Waals surface area contributed by atoms with Crippen LogP contribution in [0.4, 0.5) is 32.2 Å². The molecule has 14 heteroatoms. The molecular formula is C21H23F6N3O4S. The zero-order valence-corrected chi connectivity index (χ0v) is 19.6. The fourth-order valence-corrected chi connectivity index (χ4v) is 4.70. The highest BCUT2D eigenvalue weighted by Crippen LogP contribution is 2.40. The van der Waals surface area contributed by atoms with Gasteiger partial charge in [-0.15, -0.1) is 24.5 Å². The van der Waals surface area contributed by atoms with Crippen LogP contribution in [-0.2, 0) is 20.4 Å². The van der Waals surface area contributed by atoms with Crippen molar-refractivity contribution >= 4 is 39.2 Å². The van der Waals surface area contributed by atoms with Crippen LogP contribution in [0.2, 0.25) is 0 Å². The van der Waals surface area contributed by atoms with E-state index in [1.165, 1.54) is 19.4 Å². The van der Waals surface area contributed by atoms with Gasteiger partial charge in [-0.3, -0.25) is 14.3 Å². The molecule has 0 bridgehead atoms. The molecule has 1 unspecified atom stereocenters. The molecule has 0 spiro atoms. The number of hydrogen-bond donors (Lipinski definition) is 1. The summed E-state index contributed by atoms with van der Waals surface area (Å²) in [7, 11) is 1.37. The molecule has 1 saturated heterocycles. The van der Waals surface area contributed by atoms with E-state index in [9.17, 15) is 35.9 Å². The van der Waals surface area contributed by atoms with E-state index in [0.717, 1.165) is 17.4 Å². The van der Waals surface area contributed by atoms with Crippen molar-refractivity contribution in [3.05, 3.63) is 22.6 Å². The van der Waals surface area contributed by atoms with Gasteiger partial charge in [-0.05, 0) is 12.0 Å². The zero-order valence-electron chi connectivity index (χ0n) is 18.8. The number of nitrogens with one attached hydrogen (secondary N) is 1. The second-order valence-corrected chi connectivity index (χ2v) is 9.05. The number of rotatable bonds is 7. The molecule has 2 aromatic heterocycles. The first-order valence-corrected chi connectivity index (χ1v) is 11.5. The number of alkyl halides is 6. The van der Waals surface area contributed by atoms with E-state index in [1.54, 1.807) is 4.90 Å². The van der Waals surface area contributed by atoms with Crippen molar-refractivity contribution < 1.29 is 45.4 Å². The number of amides is 1. The molecule has 0 saturated carbocycles. The Morgan fingerprint density at radius 1 is 1.23 bits per heavy atom. The summed E-state index contributed by atoms with van der Waals surface area (Å²) in [4.78, 5) is 30.1. The van der Waals surface area contributed by atoms with Gasteiger partial charge in [-0.2, -0.15) is 13.2 Å². The van der Waals surface area contributed by atoms with Gasteiger partial charge in [0.15, 0.2) is 0 Å². The number of carbonyl (C=O) groups excluding carboxylic acids is 2. The average molecular weight is 527 g/mol. The molecule has 0 aromatic carbocycles. The molecular weight excluding hydrogens is 504 g/mol. The molecule has 3 heterocycles. The predicted molar refractivity (Wildman–Crippen MR) is 115 cm³/mol. The maximum absolute atomic E-state index is 13.7. The van der Waals surface area contributed by atoms with Crippen LogP contribution in [0.1, 0.15) is 42.1 Å². The fraction of sp³-hybridized carbons (Fsp3) is 0.571. The molecule has 1 atom stereocenters. The lowest BCUT2D eigenvalue weighted by Crippen LogP contribution is -2.38. The number of carbonyl (C=O) groups is 2. The van der Waals surface area contributed by atoms with Crippen LogP contribution < -0.4 is 10.2 Å². The molecule has 1 fully saturated rings. The van der Waals surface area contributed by atoms with Gasteiger partial charge in [0, 0.05) is 38.4 Å². The normalized spacial score (nSPS) is 16.4. The monoisotopic (exact) mass is 527 g/mol. The number of halogens is 6. The first-order chi connectivity index (χ1) is 16.3. The molecule has 1 amide bonds. The fourth-order valence-electron chi connectivity index (χ4n) is 3.68. The second kappa shape index (κ2) is 10.6. The van der Waals surface area contributed by atoms with Crippen molar-refractivity contribution in [3.63, 3.8) is 0 Å². The van der Waals surface area contributed by atoms with Crippen molar-refractivity contribution in [3.8, 4) is 0 Å². The molecule has 7 nitrogen and oxygen atoms in total. The molecule has 1 aliphatic rings. The Balaban J connectivity index is 1.67. The van der Waals surface area contributed by atoms with Crippen LogP contribution in [0.3, 0.4) is 0 Å². The lowest BCUT2D eigenvalue weighted by molar-refractivity contribution is -0.328. The SMILES string of the molecule is CNC(=O)c1csc2c(C(F)(F)F)cc(N3CCC(OC(=O)CC(C)COC(F)(F)F)CC3)nc12. The minimum Gasteiger partial charge on any atom is -0.462 e. The second-order valence-electron chi connectivity index (χ2n) is 8.17. The minimum absolute atomic E-state index is 0.0391. The van der Waals surface area contributed by atoms with Crippen LogP contribution in [0, 0.1) is 5.92 Å². The Morgan fingerprint density at radius 3 is 2.46 bits per heavy atom. The first-order valence-electron chi connectivity index (χ1n) is 10.6. The number of fused-ring (bicyclic) bond motifs is 1. The number of piperidine rings is 1. The highest BCUT2D eigenvalue weighted by atomic mass is 32.1. The van der Waals surface area contributed by atoms with Crippen molar-refractivity contribution in [1.29, 1.82) is 0 Å². The van der Waals surface area contributed by atoms with E-state index < -0.39 is 48.6 Å². The molecule has 35 heavy (non-hydrogen) atoms. The Labute approximate surface area is 200 Å². The summed E-state index contributed by atoms with van der Waals surface area (Å²) >= 11 is 0.793. The van der Waals surface area contributed by atoms with Gasteiger partial charge in [0.05, 0.1) is 34.4 Å². The third-order valence-electron chi connectivity index (χ3n) is 5.40. The van der Waals surface area contributed by atoms with Crippen LogP contribution in [-0.4, -0.2) is 56.1 Å². The summed E-state index contributed by atoms with van der Waals surface area (Å²) in [6, 6.07) is 0.946. The van der Waals surface area contributed by atoms with E-state index in [4.69, 9.17) is 4.74 Å². The quantitative estimate of drug-likeness (QED) is 0.414. The number of pyridine rings is 1. The van der Waals surface area contributed by atoms with Crippen molar-refractivity contribution in [2.24, 2.45) is 5.92 Å². The van der Waals surface area contributed by atoms with Crippen molar-refractivity contribution in [2.45, 2.75) is 44.8 Å². The van der Waals surface area contributed by atoms with Crippen molar-refractivity contribution in [2.75, 3.05) is 31.6 Å². The number of ether oxygens (including phenoxy) is 2. The number of nitrogens with zero attached hydrogens (tertiary/aromatic N) is 2. The summed E-state index contributed by atoms with van der Waals surface area (Å²) in [6.07, 6.45) is -9.62. The van der Waals surface area contributed by atoms with E-state index in [1.807, 2.05) is 0 Å². The highest BCUT2D eigenvalue weighted by Gasteiger charge is 2.36. The lowest BCUT2D eigenvalue weighted by Gasteiger charge is -2.33. The Hall–Kier alpha value is -2.61. The number of esters is 1. The topological polar surface area (TPSA) is 80.8 Å².